The number of nitrogens with two attached hydrogens (primary N) is 1. The molecule has 8 heteroatoms. The lowest BCUT2D eigenvalue weighted by atomic mass is 9.29. The average molecular weight is 654 g/mol. The summed E-state index contributed by atoms with van der Waals surface area (Å²) in [6, 6.07) is 1.91. The zero-order chi connectivity index (χ0) is 34.4. The third-order valence-electron chi connectivity index (χ3n) is 13.9. The van der Waals surface area contributed by atoms with Gasteiger partial charge < -0.3 is 20.3 Å². The van der Waals surface area contributed by atoms with Gasteiger partial charge in [-0.15, -0.1) is 0 Å². The molecule has 4 aliphatic carbocycles. The second-order valence-electron chi connectivity index (χ2n) is 16.7. The Balaban J connectivity index is 1.76. The van der Waals surface area contributed by atoms with E-state index < -0.39 is 23.6 Å². The van der Waals surface area contributed by atoms with Crippen LogP contribution in [0, 0.1) is 39.9 Å². The van der Waals surface area contributed by atoms with E-state index in [1.807, 2.05) is 26.8 Å². The molecule has 0 heterocycles. The van der Waals surface area contributed by atoms with E-state index in [9.17, 15) is 19.5 Å². The first-order valence-corrected chi connectivity index (χ1v) is 17.9. The molecule has 7 nitrogen and oxygen atoms in total. The van der Waals surface area contributed by atoms with Crippen molar-refractivity contribution >= 4 is 28.8 Å². The van der Waals surface area contributed by atoms with Crippen LogP contribution in [0.3, 0.4) is 0 Å². The van der Waals surface area contributed by atoms with Crippen LogP contribution in [0.15, 0.2) is 17.7 Å². The number of hydrogen-bond acceptors (Lipinski definition) is 8. The molecule has 46 heavy (non-hydrogen) atoms. The number of ether oxygens (including phenoxy) is 2. The Hall–Kier alpha value is -2.16. The molecule has 3 fully saturated rings. The Labute approximate surface area is 279 Å². The molecule has 0 amide bonds. The highest BCUT2D eigenvalue weighted by Gasteiger charge is 2.72. The van der Waals surface area contributed by atoms with Gasteiger partial charge in [0, 0.05) is 36.2 Å². The second-order valence-corrected chi connectivity index (χ2v) is 17.9. The van der Waals surface area contributed by atoms with Crippen molar-refractivity contribution in [3.8, 4) is 11.5 Å². The van der Waals surface area contributed by atoms with Crippen LogP contribution in [-0.2, 0) is 19.8 Å². The molecule has 0 saturated heterocycles. The number of thioether (sulfide) groups is 1. The van der Waals surface area contributed by atoms with Crippen molar-refractivity contribution in [2.75, 3.05) is 0 Å². The van der Waals surface area contributed by atoms with Crippen LogP contribution in [0.2, 0.25) is 0 Å². The van der Waals surface area contributed by atoms with Gasteiger partial charge in [-0.05, 0) is 90.7 Å². The number of aliphatic hydroxyl groups is 1. The second kappa shape index (κ2) is 11.2. The fraction of sp³-hybridized carbons (Fsp3) is 0.711. The predicted octanol–water partition coefficient (Wildman–Crippen LogP) is 8.08. The van der Waals surface area contributed by atoms with Gasteiger partial charge in [-0.3, -0.25) is 14.4 Å². The smallest absolute Gasteiger partial charge is 0.308 e. The topological polar surface area (TPSA) is 116 Å². The summed E-state index contributed by atoms with van der Waals surface area (Å²) in [5.41, 5.74) is 9.26. The van der Waals surface area contributed by atoms with Crippen molar-refractivity contribution in [2.24, 2.45) is 38.7 Å². The molecular formula is C38H55NO6S. The molecule has 0 spiro atoms. The summed E-state index contributed by atoms with van der Waals surface area (Å²) in [6.07, 6.45) is 8.21. The number of carbonyl (C=O) groups is 3. The lowest BCUT2D eigenvalue weighted by Crippen LogP contribution is -2.68. The van der Waals surface area contributed by atoms with Crippen molar-refractivity contribution < 1.29 is 29.0 Å². The summed E-state index contributed by atoms with van der Waals surface area (Å²) in [5.74, 6) is -0.673. The van der Waals surface area contributed by atoms with Gasteiger partial charge in [0.05, 0.1) is 5.25 Å². The fourth-order valence-corrected chi connectivity index (χ4v) is 11.6. The molecule has 4 aliphatic rings. The van der Waals surface area contributed by atoms with Crippen molar-refractivity contribution in [2.45, 2.75) is 138 Å². The van der Waals surface area contributed by atoms with Crippen LogP contribution in [0.5, 0.6) is 11.5 Å². The molecule has 3 N–H and O–H groups in total. The first-order valence-electron chi connectivity index (χ1n) is 17.0. The molecule has 1 aromatic carbocycles. The van der Waals surface area contributed by atoms with Gasteiger partial charge in [0.25, 0.3) is 0 Å². The molecule has 3 saturated carbocycles. The highest BCUT2D eigenvalue weighted by atomic mass is 32.2. The number of carbonyl (C=O) groups excluding carboxylic acids is 3. The number of allylic oxidation sites excluding steroid dienone is 1. The SMILES string of the molecule is CC(=O)Oc1cc2c(c(C)c1OC(C)=O)C(SC(=O)C(C)C)C=C1[C@@]2(C)CC[C@@]2(C)[C@]3(C)C[C@](C)(C(N)O)CC[C@]3(C)CC[C@]12C. The molecule has 0 aromatic heterocycles. The lowest BCUT2D eigenvalue weighted by Gasteiger charge is -2.75. The number of benzene rings is 1. The van der Waals surface area contributed by atoms with Crippen LogP contribution in [0.25, 0.3) is 0 Å². The van der Waals surface area contributed by atoms with Crippen LogP contribution in [0.1, 0.15) is 136 Å². The largest absolute Gasteiger partial charge is 0.423 e. The molecule has 1 aromatic rings. The molecule has 0 radical (unpaired) electrons. The Bertz CT molecular complexity index is 1520. The summed E-state index contributed by atoms with van der Waals surface area (Å²) in [6.45, 7) is 22.7. The Morgan fingerprint density at radius 1 is 0.913 bits per heavy atom. The van der Waals surface area contributed by atoms with Gasteiger partial charge in [-0.1, -0.05) is 78.8 Å². The lowest BCUT2D eigenvalue weighted by molar-refractivity contribution is -0.232. The van der Waals surface area contributed by atoms with E-state index >= 15 is 0 Å². The summed E-state index contributed by atoms with van der Waals surface area (Å²) in [4.78, 5) is 38.0. The summed E-state index contributed by atoms with van der Waals surface area (Å²) >= 11 is 1.34. The number of aliphatic hydroxyl groups excluding tert-OH is 1. The number of hydrogen-bond donors (Lipinski definition) is 2. The van der Waals surface area contributed by atoms with E-state index in [2.05, 4.69) is 47.6 Å². The number of rotatable bonds is 5. The minimum atomic E-state index is -0.878. The maximum Gasteiger partial charge on any atom is 0.308 e. The zero-order valence-electron chi connectivity index (χ0n) is 29.8. The van der Waals surface area contributed by atoms with Crippen molar-refractivity contribution in [3.05, 3.63) is 34.4 Å². The molecule has 5 rings (SSSR count). The Kier molecular flexibility index (Phi) is 8.56. The summed E-state index contributed by atoms with van der Waals surface area (Å²) < 4.78 is 11.4. The molecule has 0 aliphatic heterocycles. The maximum atomic E-state index is 13.4. The van der Waals surface area contributed by atoms with Crippen molar-refractivity contribution in [1.29, 1.82) is 0 Å². The van der Waals surface area contributed by atoms with Crippen LogP contribution >= 0.6 is 11.8 Å². The summed E-state index contributed by atoms with van der Waals surface area (Å²) in [5, 5.41) is 10.6. The first-order chi connectivity index (χ1) is 21.1. The molecule has 254 valence electrons. The normalized spacial score (nSPS) is 38.8. The van der Waals surface area contributed by atoms with E-state index in [0.29, 0.717) is 0 Å². The Morgan fingerprint density at radius 3 is 2.09 bits per heavy atom. The van der Waals surface area contributed by atoms with Crippen LogP contribution in [-0.4, -0.2) is 28.4 Å². The van der Waals surface area contributed by atoms with Gasteiger partial charge in [-0.2, -0.15) is 0 Å². The first kappa shape index (κ1) is 35.2. The highest BCUT2D eigenvalue weighted by Crippen LogP contribution is 2.80. The summed E-state index contributed by atoms with van der Waals surface area (Å²) in [7, 11) is 0. The van der Waals surface area contributed by atoms with Crippen molar-refractivity contribution in [1.82, 2.24) is 0 Å². The van der Waals surface area contributed by atoms with Gasteiger partial charge in [0.2, 0.25) is 0 Å². The van der Waals surface area contributed by atoms with E-state index in [1.54, 1.807) is 0 Å². The number of esters is 2. The minimum Gasteiger partial charge on any atom is -0.423 e. The van der Waals surface area contributed by atoms with Gasteiger partial charge in [-0.25, -0.2) is 0 Å². The zero-order valence-corrected chi connectivity index (χ0v) is 30.6. The molecular weight excluding hydrogens is 598 g/mol. The third kappa shape index (κ3) is 4.86. The van der Waals surface area contributed by atoms with E-state index in [4.69, 9.17) is 15.2 Å². The third-order valence-corrected chi connectivity index (χ3v) is 15.3. The standard InChI is InChI=1S/C38H55NO6S/c1-21(2)31(42)46-27-19-28-35(8,25-18-26(44-23(4)40)30(45-24(5)41)22(3)29(25)27)15-17-37(10)36(28,9)16-14-34(7)13-12-33(6,32(39)43)20-38(34,37)11/h18-19,21,27,32,43H,12-17,20,39H2,1-11H3/t27?,32?,33-,34-,35+,36-,37-,38-/m1/s1. The predicted molar refractivity (Wildman–Crippen MR) is 182 cm³/mol. The molecule has 0 bridgehead atoms. The van der Waals surface area contributed by atoms with Gasteiger partial charge >= 0.3 is 11.9 Å². The monoisotopic (exact) mass is 653 g/mol. The Morgan fingerprint density at radius 2 is 1.52 bits per heavy atom. The van der Waals surface area contributed by atoms with E-state index in [1.165, 1.54) is 31.2 Å². The van der Waals surface area contributed by atoms with Crippen LogP contribution in [0.4, 0.5) is 0 Å². The van der Waals surface area contributed by atoms with Crippen molar-refractivity contribution in [3.63, 3.8) is 0 Å². The maximum absolute atomic E-state index is 13.4. The van der Waals surface area contributed by atoms with Gasteiger partial charge in [0.15, 0.2) is 16.6 Å². The van der Waals surface area contributed by atoms with E-state index in [-0.39, 0.29) is 54.9 Å². The average Bonchev–Trinajstić information content (AvgIpc) is 2.94. The minimum absolute atomic E-state index is 0.0980. The van der Waals surface area contributed by atoms with E-state index in [0.717, 1.165) is 61.6 Å². The quantitative estimate of drug-likeness (QED) is 0.142. The highest BCUT2D eigenvalue weighted by molar-refractivity contribution is 8.14. The van der Waals surface area contributed by atoms with Gasteiger partial charge in [0.1, 0.15) is 6.23 Å². The molecule has 2 unspecified atom stereocenters. The fourth-order valence-electron chi connectivity index (χ4n) is 10.4. The molecule has 8 atom stereocenters. The number of fused-ring (bicyclic) bond motifs is 7. The van der Waals surface area contributed by atoms with Crippen LogP contribution < -0.4 is 15.2 Å².